The lowest BCUT2D eigenvalue weighted by Gasteiger charge is -2.13. The summed E-state index contributed by atoms with van der Waals surface area (Å²) < 4.78 is 7.14. The molecule has 0 bridgehead atoms. The molecule has 0 amide bonds. The van der Waals surface area contributed by atoms with Gasteiger partial charge in [-0.25, -0.2) is 9.48 Å². The maximum absolute atomic E-state index is 11.5. The van der Waals surface area contributed by atoms with E-state index in [0.29, 0.717) is 12.4 Å². The van der Waals surface area contributed by atoms with Crippen LogP contribution in [0.2, 0.25) is 0 Å². The van der Waals surface area contributed by atoms with Gasteiger partial charge in [0, 0.05) is 0 Å². The molecule has 6 nitrogen and oxygen atoms in total. The fourth-order valence-corrected chi connectivity index (χ4v) is 2.50. The number of carbonyl (C=O) groups is 1. The number of nitrogens with zero attached hydrogens (tertiary/aromatic N) is 2. The molecule has 1 saturated heterocycles. The van der Waals surface area contributed by atoms with Gasteiger partial charge in [-0.15, -0.1) is 0 Å². The molecule has 1 unspecified atom stereocenters. The molecule has 1 fully saturated rings. The van der Waals surface area contributed by atoms with Crippen molar-refractivity contribution in [3.63, 3.8) is 0 Å². The Balaban J connectivity index is 1.80. The van der Waals surface area contributed by atoms with E-state index in [0.717, 1.165) is 24.9 Å². The van der Waals surface area contributed by atoms with Crippen LogP contribution in [0.25, 0.3) is 0 Å². The summed E-state index contributed by atoms with van der Waals surface area (Å²) in [7, 11) is 0. The Morgan fingerprint density at radius 1 is 1.43 bits per heavy atom. The molecule has 1 atom stereocenters. The van der Waals surface area contributed by atoms with Crippen LogP contribution in [0.15, 0.2) is 36.5 Å². The first-order chi connectivity index (χ1) is 10.3. The van der Waals surface area contributed by atoms with Crippen molar-refractivity contribution in [3.05, 3.63) is 47.8 Å². The average molecular weight is 287 g/mol. The van der Waals surface area contributed by atoms with Crippen molar-refractivity contribution in [2.24, 2.45) is 0 Å². The minimum absolute atomic E-state index is 0.0647. The molecule has 0 radical (unpaired) electrons. The molecule has 0 spiro atoms. The zero-order chi connectivity index (χ0) is 14.7. The largest absolute Gasteiger partial charge is 0.485 e. The molecule has 2 aromatic rings. The van der Waals surface area contributed by atoms with E-state index >= 15 is 0 Å². The Bertz CT molecular complexity index is 618. The quantitative estimate of drug-likeness (QED) is 0.880. The summed E-state index contributed by atoms with van der Waals surface area (Å²) in [5.41, 5.74) is 1.09. The van der Waals surface area contributed by atoms with Crippen molar-refractivity contribution in [1.82, 2.24) is 15.1 Å². The van der Waals surface area contributed by atoms with E-state index < -0.39 is 5.97 Å². The van der Waals surface area contributed by atoms with Crippen LogP contribution in [0.3, 0.4) is 0 Å². The second-order valence-electron chi connectivity index (χ2n) is 4.99. The van der Waals surface area contributed by atoms with Gasteiger partial charge in [-0.05, 0) is 24.9 Å². The lowest BCUT2D eigenvalue weighted by molar-refractivity contribution is 0.0673. The first-order valence-corrected chi connectivity index (χ1v) is 6.96. The van der Waals surface area contributed by atoms with Crippen molar-refractivity contribution in [2.75, 3.05) is 6.54 Å². The first kappa shape index (κ1) is 13.6. The van der Waals surface area contributed by atoms with E-state index in [1.165, 1.54) is 10.9 Å². The summed E-state index contributed by atoms with van der Waals surface area (Å²) in [5, 5.41) is 16.8. The molecule has 1 aliphatic rings. The summed E-state index contributed by atoms with van der Waals surface area (Å²) in [6.45, 7) is 1.20. The normalized spacial score (nSPS) is 17.8. The van der Waals surface area contributed by atoms with Crippen LogP contribution in [-0.2, 0) is 6.61 Å². The summed E-state index contributed by atoms with van der Waals surface area (Å²) in [4.78, 5) is 11.5. The second kappa shape index (κ2) is 5.97. The Morgan fingerprint density at radius 2 is 2.24 bits per heavy atom. The van der Waals surface area contributed by atoms with Crippen LogP contribution < -0.4 is 10.1 Å². The number of ether oxygens (including phenoxy) is 1. The monoisotopic (exact) mass is 287 g/mol. The number of carboxylic acids is 1. The van der Waals surface area contributed by atoms with Gasteiger partial charge in [-0.2, -0.15) is 5.10 Å². The van der Waals surface area contributed by atoms with Gasteiger partial charge in [0.05, 0.1) is 6.20 Å². The molecule has 110 valence electrons. The SMILES string of the molecule is O=C(O)c1c(OCc2ccccc2)cnn1C1CCCN1. The van der Waals surface area contributed by atoms with E-state index in [-0.39, 0.29) is 11.9 Å². The van der Waals surface area contributed by atoms with Crippen molar-refractivity contribution in [1.29, 1.82) is 0 Å². The number of aromatic carboxylic acids is 1. The van der Waals surface area contributed by atoms with Crippen LogP contribution in [0.4, 0.5) is 0 Å². The molecule has 0 saturated carbocycles. The van der Waals surface area contributed by atoms with Gasteiger partial charge < -0.3 is 9.84 Å². The third-order valence-electron chi connectivity index (χ3n) is 3.53. The summed E-state index contributed by atoms with van der Waals surface area (Å²) >= 11 is 0. The Labute approximate surface area is 122 Å². The number of nitrogens with one attached hydrogen (secondary N) is 1. The van der Waals surface area contributed by atoms with E-state index in [9.17, 15) is 9.90 Å². The molecule has 1 aromatic carbocycles. The van der Waals surface area contributed by atoms with E-state index in [4.69, 9.17) is 4.74 Å². The molecule has 21 heavy (non-hydrogen) atoms. The minimum Gasteiger partial charge on any atom is -0.485 e. The van der Waals surface area contributed by atoms with Crippen LogP contribution in [0.5, 0.6) is 5.75 Å². The molecular formula is C15H17N3O3. The lowest BCUT2D eigenvalue weighted by Crippen LogP contribution is -2.24. The highest BCUT2D eigenvalue weighted by Gasteiger charge is 2.26. The highest BCUT2D eigenvalue weighted by molar-refractivity contribution is 5.88. The molecule has 1 aromatic heterocycles. The van der Waals surface area contributed by atoms with Crippen molar-refractivity contribution in [2.45, 2.75) is 25.6 Å². The topological polar surface area (TPSA) is 76.4 Å². The second-order valence-corrected chi connectivity index (χ2v) is 4.99. The molecule has 2 heterocycles. The predicted molar refractivity (Wildman–Crippen MR) is 76.2 cm³/mol. The summed E-state index contributed by atoms with van der Waals surface area (Å²) in [6.07, 6.45) is 3.31. The van der Waals surface area contributed by atoms with Gasteiger partial charge in [-0.3, -0.25) is 5.32 Å². The van der Waals surface area contributed by atoms with E-state index in [2.05, 4.69) is 10.4 Å². The van der Waals surface area contributed by atoms with Gasteiger partial charge in [0.2, 0.25) is 0 Å². The Kier molecular flexibility index (Phi) is 3.87. The number of rotatable bonds is 5. The zero-order valence-electron chi connectivity index (χ0n) is 11.5. The van der Waals surface area contributed by atoms with Crippen LogP contribution in [0.1, 0.15) is 35.1 Å². The van der Waals surface area contributed by atoms with Gasteiger partial charge in [0.1, 0.15) is 12.8 Å². The summed E-state index contributed by atoms with van der Waals surface area (Å²) in [5.74, 6) is -0.718. The lowest BCUT2D eigenvalue weighted by atomic mass is 10.2. The summed E-state index contributed by atoms with van der Waals surface area (Å²) in [6, 6.07) is 9.63. The minimum atomic E-state index is -1.02. The number of aromatic nitrogens is 2. The van der Waals surface area contributed by atoms with Crippen LogP contribution in [-0.4, -0.2) is 27.4 Å². The highest BCUT2D eigenvalue weighted by Crippen LogP contribution is 2.25. The van der Waals surface area contributed by atoms with Gasteiger partial charge in [-0.1, -0.05) is 30.3 Å². The van der Waals surface area contributed by atoms with E-state index in [1.54, 1.807) is 0 Å². The number of hydrogen-bond acceptors (Lipinski definition) is 4. The standard InChI is InChI=1S/C15H17N3O3/c19-15(20)14-12(21-10-11-5-2-1-3-6-11)9-17-18(14)13-7-4-8-16-13/h1-3,5-6,9,13,16H,4,7-8,10H2,(H,19,20). The molecular weight excluding hydrogens is 270 g/mol. The molecule has 2 N–H and O–H groups in total. The fourth-order valence-electron chi connectivity index (χ4n) is 2.50. The fraction of sp³-hybridized carbons (Fsp3) is 0.333. The van der Waals surface area contributed by atoms with E-state index in [1.807, 2.05) is 30.3 Å². The number of benzene rings is 1. The maximum atomic E-state index is 11.5. The number of hydrogen-bond donors (Lipinski definition) is 2. The van der Waals surface area contributed by atoms with Crippen LogP contribution in [0, 0.1) is 0 Å². The first-order valence-electron chi connectivity index (χ1n) is 6.96. The highest BCUT2D eigenvalue weighted by atomic mass is 16.5. The van der Waals surface area contributed by atoms with Crippen LogP contribution >= 0.6 is 0 Å². The van der Waals surface area contributed by atoms with Crippen molar-refractivity contribution >= 4 is 5.97 Å². The van der Waals surface area contributed by atoms with Crippen molar-refractivity contribution in [3.8, 4) is 5.75 Å². The van der Waals surface area contributed by atoms with Gasteiger partial charge in [0.15, 0.2) is 11.4 Å². The number of carboxylic acid groups (broad SMARTS) is 1. The van der Waals surface area contributed by atoms with Gasteiger partial charge in [0.25, 0.3) is 0 Å². The smallest absolute Gasteiger partial charge is 0.358 e. The Morgan fingerprint density at radius 3 is 2.90 bits per heavy atom. The zero-order valence-corrected chi connectivity index (χ0v) is 11.5. The Hall–Kier alpha value is -2.34. The third-order valence-corrected chi connectivity index (χ3v) is 3.53. The van der Waals surface area contributed by atoms with Crippen molar-refractivity contribution < 1.29 is 14.6 Å². The third kappa shape index (κ3) is 2.90. The van der Waals surface area contributed by atoms with Gasteiger partial charge >= 0.3 is 5.97 Å². The molecule has 0 aliphatic carbocycles. The molecule has 1 aliphatic heterocycles. The molecule has 6 heteroatoms. The molecule has 3 rings (SSSR count). The average Bonchev–Trinajstić information content (AvgIpc) is 3.15. The predicted octanol–water partition coefficient (Wildman–Crippen LogP) is 2.04. The maximum Gasteiger partial charge on any atom is 0.358 e.